The Hall–Kier alpha value is -2.53. The van der Waals surface area contributed by atoms with E-state index in [0.717, 1.165) is 49.5 Å². The molecule has 1 N–H and O–H groups in total. The van der Waals surface area contributed by atoms with Gasteiger partial charge >= 0.3 is 0 Å². The van der Waals surface area contributed by atoms with Crippen LogP contribution in [-0.4, -0.2) is 61.6 Å². The van der Waals surface area contributed by atoms with E-state index in [2.05, 4.69) is 22.3 Å². The molecule has 1 amide bonds. The number of carbonyl (C=O) groups is 1. The molecule has 0 aliphatic carbocycles. The molecule has 1 fully saturated rings. The molecule has 1 atom stereocenters. The minimum absolute atomic E-state index is 0.0985. The number of rotatable bonds is 11. The molecule has 5 heteroatoms. The highest BCUT2D eigenvalue weighted by Gasteiger charge is 2.19. The van der Waals surface area contributed by atoms with Crippen molar-refractivity contribution in [1.29, 1.82) is 0 Å². The van der Waals surface area contributed by atoms with Crippen molar-refractivity contribution in [3.8, 4) is 5.75 Å². The van der Waals surface area contributed by atoms with Crippen LogP contribution in [0.5, 0.6) is 5.75 Å². The van der Waals surface area contributed by atoms with Crippen molar-refractivity contribution in [2.24, 2.45) is 0 Å². The van der Waals surface area contributed by atoms with Gasteiger partial charge in [0.05, 0.1) is 7.11 Å². The summed E-state index contributed by atoms with van der Waals surface area (Å²) < 4.78 is 5.54. The molecule has 0 aromatic heterocycles. The van der Waals surface area contributed by atoms with Gasteiger partial charge in [0.1, 0.15) is 5.75 Å². The Bertz CT molecular complexity index is 812. The van der Waals surface area contributed by atoms with E-state index in [0.29, 0.717) is 6.04 Å². The van der Waals surface area contributed by atoms with Gasteiger partial charge in [0.25, 0.3) is 5.91 Å². The van der Waals surface area contributed by atoms with Gasteiger partial charge in [0.2, 0.25) is 0 Å². The van der Waals surface area contributed by atoms with Gasteiger partial charge in [0, 0.05) is 36.9 Å². The Kier molecular flexibility index (Phi) is 8.77. The van der Waals surface area contributed by atoms with Crippen LogP contribution in [0.25, 0.3) is 0 Å². The van der Waals surface area contributed by atoms with Gasteiger partial charge in [0.15, 0.2) is 0 Å². The molecule has 2 aromatic carbocycles. The monoisotopic (exact) mass is 423 g/mol. The Morgan fingerprint density at radius 1 is 1.06 bits per heavy atom. The Morgan fingerprint density at radius 3 is 2.39 bits per heavy atom. The van der Waals surface area contributed by atoms with Crippen LogP contribution < -0.4 is 10.1 Å². The average Bonchev–Trinajstić information content (AvgIpc) is 3.32. The second-order valence-corrected chi connectivity index (χ2v) is 8.25. The van der Waals surface area contributed by atoms with E-state index in [-0.39, 0.29) is 5.91 Å². The fourth-order valence-corrected chi connectivity index (χ4v) is 4.36. The second kappa shape index (κ2) is 11.8. The molecule has 31 heavy (non-hydrogen) atoms. The van der Waals surface area contributed by atoms with Gasteiger partial charge in [-0.05, 0) is 88.5 Å². The Balaban J connectivity index is 1.67. The van der Waals surface area contributed by atoms with Crippen LogP contribution in [0.1, 0.15) is 49.0 Å². The van der Waals surface area contributed by atoms with Crippen LogP contribution in [0.3, 0.4) is 0 Å². The zero-order valence-corrected chi connectivity index (χ0v) is 19.3. The number of ether oxygens (including phenoxy) is 1. The number of para-hydroxylation sites is 1. The maximum absolute atomic E-state index is 12.6. The third-order valence-electron chi connectivity index (χ3n) is 6.19. The number of aryl methyl sites for hydroxylation is 1. The molecule has 1 aliphatic heterocycles. The van der Waals surface area contributed by atoms with E-state index < -0.39 is 0 Å². The number of nitrogens with zero attached hydrogens (tertiary/aromatic N) is 2. The minimum Gasteiger partial charge on any atom is -0.496 e. The number of anilines is 1. The maximum Gasteiger partial charge on any atom is 0.253 e. The lowest BCUT2D eigenvalue weighted by atomic mass is 10.0. The Morgan fingerprint density at radius 2 is 1.74 bits per heavy atom. The SMILES string of the molecule is CCN(CC)C(=O)c1ccc(NC(CCc2ccccc2OC)CN2CCCC2)cc1. The molecule has 1 aliphatic rings. The van der Waals surface area contributed by atoms with E-state index in [1.807, 2.05) is 55.1 Å². The standard InChI is InChI=1S/C26H37N3O2/c1-4-29(5-2)26(30)22-13-15-23(16-14-22)27-24(20-28-18-8-9-19-28)17-12-21-10-6-7-11-25(21)31-3/h6-7,10-11,13-16,24,27H,4-5,8-9,12,17-20H2,1-3H3. The largest absolute Gasteiger partial charge is 0.496 e. The highest BCUT2D eigenvalue weighted by molar-refractivity contribution is 5.94. The van der Waals surface area contributed by atoms with Crippen molar-refractivity contribution in [2.45, 2.75) is 45.6 Å². The molecule has 1 heterocycles. The van der Waals surface area contributed by atoms with Crippen LogP contribution in [-0.2, 0) is 6.42 Å². The summed E-state index contributed by atoms with van der Waals surface area (Å²) in [7, 11) is 1.74. The second-order valence-electron chi connectivity index (χ2n) is 8.25. The fraction of sp³-hybridized carbons (Fsp3) is 0.500. The normalized spacial score (nSPS) is 14.9. The molecular weight excluding hydrogens is 386 g/mol. The van der Waals surface area contributed by atoms with Crippen LogP contribution in [0.2, 0.25) is 0 Å². The molecule has 168 valence electrons. The van der Waals surface area contributed by atoms with E-state index in [1.54, 1.807) is 7.11 Å². The molecule has 1 unspecified atom stereocenters. The number of likely N-dealkylation sites (tertiary alicyclic amines) is 1. The maximum atomic E-state index is 12.6. The number of hydrogen-bond donors (Lipinski definition) is 1. The van der Waals surface area contributed by atoms with Crippen LogP contribution >= 0.6 is 0 Å². The summed E-state index contributed by atoms with van der Waals surface area (Å²) in [4.78, 5) is 17.0. The first-order chi connectivity index (χ1) is 15.1. The lowest BCUT2D eigenvalue weighted by molar-refractivity contribution is 0.0773. The van der Waals surface area contributed by atoms with E-state index in [1.165, 1.54) is 31.5 Å². The molecule has 2 aromatic rings. The third kappa shape index (κ3) is 6.47. The number of nitrogens with one attached hydrogen (secondary N) is 1. The fourth-order valence-electron chi connectivity index (χ4n) is 4.36. The van der Waals surface area contributed by atoms with Gasteiger partial charge in [-0.3, -0.25) is 4.79 Å². The van der Waals surface area contributed by atoms with Crippen molar-refractivity contribution >= 4 is 11.6 Å². The van der Waals surface area contributed by atoms with Gasteiger partial charge in [-0.25, -0.2) is 0 Å². The summed E-state index contributed by atoms with van der Waals surface area (Å²) in [6, 6.07) is 16.6. The van der Waals surface area contributed by atoms with Crippen molar-refractivity contribution in [3.05, 3.63) is 59.7 Å². The van der Waals surface area contributed by atoms with Gasteiger partial charge in [-0.2, -0.15) is 0 Å². The van der Waals surface area contributed by atoms with Crippen LogP contribution in [0, 0.1) is 0 Å². The molecular formula is C26H37N3O2. The third-order valence-corrected chi connectivity index (χ3v) is 6.19. The number of carbonyl (C=O) groups excluding carboxylic acids is 1. The summed E-state index contributed by atoms with van der Waals surface area (Å²) in [6.07, 6.45) is 4.58. The quantitative estimate of drug-likeness (QED) is 0.570. The highest BCUT2D eigenvalue weighted by Crippen LogP contribution is 2.22. The van der Waals surface area contributed by atoms with E-state index >= 15 is 0 Å². The van der Waals surface area contributed by atoms with Crippen LogP contribution in [0.4, 0.5) is 5.69 Å². The van der Waals surface area contributed by atoms with Gasteiger partial charge in [-0.1, -0.05) is 18.2 Å². The topological polar surface area (TPSA) is 44.8 Å². The molecule has 1 saturated heterocycles. The molecule has 5 nitrogen and oxygen atoms in total. The first kappa shape index (κ1) is 23.1. The molecule has 0 saturated carbocycles. The molecule has 0 spiro atoms. The van der Waals surface area contributed by atoms with Gasteiger partial charge in [-0.15, -0.1) is 0 Å². The smallest absolute Gasteiger partial charge is 0.253 e. The molecule has 0 radical (unpaired) electrons. The lowest BCUT2D eigenvalue weighted by Gasteiger charge is -2.26. The number of hydrogen-bond acceptors (Lipinski definition) is 4. The van der Waals surface area contributed by atoms with Crippen LogP contribution in [0.15, 0.2) is 48.5 Å². The highest BCUT2D eigenvalue weighted by atomic mass is 16.5. The zero-order valence-electron chi connectivity index (χ0n) is 19.3. The summed E-state index contributed by atoms with van der Waals surface area (Å²) in [6.45, 7) is 8.90. The first-order valence-corrected chi connectivity index (χ1v) is 11.6. The summed E-state index contributed by atoms with van der Waals surface area (Å²) >= 11 is 0. The minimum atomic E-state index is 0.0985. The number of amides is 1. The van der Waals surface area contributed by atoms with Crippen molar-refractivity contribution in [1.82, 2.24) is 9.80 Å². The van der Waals surface area contributed by atoms with Crippen molar-refractivity contribution < 1.29 is 9.53 Å². The average molecular weight is 424 g/mol. The molecule has 0 bridgehead atoms. The Labute approximate surface area is 187 Å². The summed E-state index contributed by atoms with van der Waals surface area (Å²) in [5, 5.41) is 3.73. The van der Waals surface area contributed by atoms with Gasteiger partial charge < -0.3 is 19.9 Å². The summed E-state index contributed by atoms with van der Waals surface area (Å²) in [5.41, 5.74) is 3.07. The summed E-state index contributed by atoms with van der Waals surface area (Å²) in [5.74, 6) is 1.06. The first-order valence-electron chi connectivity index (χ1n) is 11.6. The predicted molar refractivity (Wildman–Crippen MR) is 128 cm³/mol. The van der Waals surface area contributed by atoms with E-state index in [4.69, 9.17) is 4.74 Å². The predicted octanol–water partition coefficient (Wildman–Crippen LogP) is 4.69. The van der Waals surface area contributed by atoms with Crippen molar-refractivity contribution in [2.75, 3.05) is 45.2 Å². The zero-order chi connectivity index (χ0) is 22.1. The lowest BCUT2D eigenvalue weighted by Crippen LogP contribution is -2.35. The van der Waals surface area contributed by atoms with Crippen molar-refractivity contribution in [3.63, 3.8) is 0 Å². The number of benzene rings is 2. The number of methoxy groups -OCH3 is 1. The van der Waals surface area contributed by atoms with E-state index in [9.17, 15) is 4.79 Å². The molecule has 3 rings (SSSR count).